The number of benzene rings is 1. The zero-order chi connectivity index (χ0) is 21.4. The standard InChI is InChI=1S/C22H21N5OS3/c1-14(27-20(24-25-22(27)29)19-7-4-11-30-19)21(28)23-16-5-2-3-6-17(16)26-10-8-18-15(13-26)9-12-31-18/h2-7,9,11-12,14H,8,10,13H2,1H3,(H,23,28)(H,25,29). The van der Waals surface area contributed by atoms with Gasteiger partial charge in [0, 0.05) is 18.0 Å². The van der Waals surface area contributed by atoms with E-state index in [2.05, 4.69) is 37.9 Å². The van der Waals surface area contributed by atoms with Crippen molar-refractivity contribution >= 4 is 52.2 Å². The highest BCUT2D eigenvalue weighted by Crippen LogP contribution is 2.33. The summed E-state index contributed by atoms with van der Waals surface area (Å²) in [6.07, 6.45) is 1.03. The minimum atomic E-state index is -0.513. The predicted octanol–water partition coefficient (Wildman–Crippen LogP) is 5.49. The third-order valence-electron chi connectivity index (χ3n) is 5.52. The van der Waals surface area contributed by atoms with Crippen LogP contribution >= 0.6 is 34.9 Å². The van der Waals surface area contributed by atoms with Gasteiger partial charge < -0.3 is 10.2 Å². The van der Waals surface area contributed by atoms with Crippen LogP contribution in [0.2, 0.25) is 0 Å². The summed E-state index contributed by atoms with van der Waals surface area (Å²) in [5.41, 5.74) is 3.22. The molecule has 31 heavy (non-hydrogen) atoms. The maximum Gasteiger partial charge on any atom is 0.247 e. The lowest BCUT2D eigenvalue weighted by atomic mass is 10.1. The summed E-state index contributed by atoms with van der Waals surface area (Å²) in [7, 11) is 0. The lowest BCUT2D eigenvalue weighted by Crippen LogP contribution is -2.31. The van der Waals surface area contributed by atoms with Crippen LogP contribution in [0.5, 0.6) is 0 Å². The van der Waals surface area contributed by atoms with Crippen LogP contribution < -0.4 is 10.2 Å². The molecule has 0 spiro atoms. The molecule has 3 aromatic heterocycles. The average molecular weight is 468 g/mol. The van der Waals surface area contributed by atoms with E-state index in [0.717, 1.165) is 35.8 Å². The first-order chi connectivity index (χ1) is 15.1. The van der Waals surface area contributed by atoms with Gasteiger partial charge in [-0.2, -0.15) is 5.10 Å². The van der Waals surface area contributed by atoms with Gasteiger partial charge in [-0.05, 0) is 66.2 Å². The first-order valence-electron chi connectivity index (χ1n) is 10.0. The number of anilines is 2. The second kappa shape index (κ2) is 8.41. The normalized spacial score (nSPS) is 14.3. The number of hydrogen-bond donors (Lipinski definition) is 2. The van der Waals surface area contributed by atoms with Crippen LogP contribution in [-0.2, 0) is 17.8 Å². The van der Waals surface area contributed by atoms with Gasteiger partial charge in [-0.1, -0.05) is 18.2 Å². The Bertz CT molecular complexity index is 1270. The van der Waals surface area contributed by atoms with Gasteiger partial charge in [0.15, 0.2) is 10.6 Å². The minimum absolute atomic E-state index is 0.129. The predicted molar refractivity (Wildman–Crippen MR) is 130 cm³/mol. The Labute approximate surface area is 193 Å². The number of para-hydroxylation sites is 2. The summed E-state index contributed by atoms with van der Waals surface area (Å²) in [5, 5.41) is 14.4. The Morgan fingerprint density at radius 2 is 2.06 bits per heavy atom. The van der Waals surface area contributed by atoms with Gasteiger partial charge in [-0.25, -0.2) is 0 Å². The lowest BCUT2D eigenvalue weighted by Gasteiger charge is -2.31. The SMILES string of the molecule is CC(C(=O)Nc1ccccc1N1CCc2sccc2C1)n1c(-c2cccs2)n[nH]c1=S. The molecule has 2 N–H and O–H groups in total. The summed E-state index contributed by atoms with van der Waals surface area (Å²) in [5.74, 6) is 0.549. The van der Waals surface area contributed by atoms with Crippen molar-refractivity contribution in [3.63, 3.8) is 0 Å². The molecule has 1 amide bonds. The monoisotopic (exact) mass is 467 g/mol. The smallest absolute Gasteiger partial charge is 0.247 e. The number of nitrogens with zero attached hydrogens (tertiary/aromatic N) is 3. The fourth-order valence-corrected chi connectivity index (χ4v) is 5.80. The second-order valence-corrected chi connectivity index (χ2v) is 9.76. The molecule has 0 aliphatic carbocycles. The molecular weight excluding hydrogens is 446 g/mol. The highest BCUT2D eigenvalue weighted by molar-refractivity contribution is 7.71. The van der Waals surface area contributed by atoms with Crippen molar-refractivity contribution in [2.24, 2.45) is 0 Å². The number of H-pyrrole nitrogens is 1. The molecule has 9 heteroatoms. The highest BCUT2D eigenvalue weighted by Gasteiger charge is 2.24. The molecule has 1 atom stereocenters. The van der Waals surface area contributed by atoms with Crippen molar-refractivity contribution < 1.29 is 4.79 Å². The quantitative estimate of drug-likeness (QED) is 0.381. The number of nitrogens with one attached hydrogen (secondary N) is 2. The fourth-order valence-electron chi connectivity index (χ4n) is 3.91. The largest absolute Gasteiger partial charge is 0.365 e. The number of fused-ring (bicyclic) bond motifs is 1. The number of thiophene rings is 2. The van der Waals surface area contributed by atoms with Gasteiger partial charge in [-0.15, -0.1) is 22.7 Å². The maximum absolute atomic E-state index is 13.2. The molecule has 0 bridgehead atoms. The average Bonchev–Trinajstić information content (AvgIpc) is 3.53. The molecule has 4 heterocycles. The number of aromatic amines is 1. The van der Waals surface area contributed by atoms with Crippen molar-refractivity contribution in [3.8, 4) is 10.7 Å². The molecule has 5 rings (SSSR count). The molecule has 4 aromatic rings. The van der Waals surface area contributed by atoms with Crippen LogP contribution in [0.15, 0.2) is 53.2 Å². The van der Waals surface area contributed by atoms with E-state index in [1.165, 1.54) is 10.4 Å². The molecule has 0 saturated heterocycles. The van der Waals surface area contributed by atoms with Crippen LogP contribution in [-0.4, -0.2) is 27.2 Å². The summed E-state index contributed by atoms with van der Waals surface area (Å²) in [4.78, 5) is 18.0. The molecule has 6 nitrogen and oxygen atoms in total. The van der Waals surface area contributed by atoms with E-state index in [9.17, 15) is 4.79 Å². The number of carbonyl (C=O) groups excluding carboxylic acids is 1. The van der Waals surface area contributed by atoms with Crippen LogP contribution in [0.25, 0.3) is 10.7 Å². The maximum atomic E-state index is 13.2. The Hall–Kier alpha value is -2.75. The minimum Gasteiger partial charge on any atom is -0.365 e. The van der Waals surface area contributed by atoms with Crippen LogP contribution in [0.4, 0.5) is 11.4 Å². The van der Waals surface area contributed by atoms with Gasteiger partial charge in [0.05, 0.1) is 16.3 Å². The van der Waals surface area contributed by atoms with Crippen molar-refractivity contribution in [1.29, 1.82) is 0 Å². The van der Waals surface area contributed by atoms with E-state index in [-0.39, 0.29) is 5.91 Å². The third-order valence-corrected chi connectivity index (χ3v) is 7.70. The highest BCUT2D eigenvalue weighted by atomic mass is 32.1. The fraction of sp³-hybridized carbons (Fsp3) is 0.227. The summed E-state index contributed by atoms with van der Waals surface area (Å²) < 4.78 is 2.21. The molecule has 1 aromatic carbocycles. The first-order valence-corrected chi connectivity index (χ1v) is 12.2. The molecule has 1 unspecified atom stereocenters. The molecule has 0 saturated carbocycles. The van der Waals surface area contributed by atoms with Gasteiger partial charge in [0.25, 0.3) is 0 Å². The van der Waals surface area contributed by atoms with Gasteiger partial charge in [0.2, 0.25) is 5.91 Å². The lowest BCUT2D eigenvalue weighted by molar-refractivity contribution is -0.118. The topological polar surface area (TPSA) is 66.0 Å². The van der Waals surface area contributed by atoms with Crippen molar-refractivity contribution in [3.05, 3.63) is 68.4 Å². The molecular formula is C22H21N5OS3. The molecule has 1 aliphatic rings. The number of amides is 1. The number of hydrogen-bond acceptors (Lipinski definition) is 6. The van der Waals surface area contributed by atoms with Crippen LogP contribution in [0.1, 0.15) is 23.4 Å². The van der Waals surface area contributed by atoms with Crippen molar-refractivity contribution in [2.45, 2.75) is 25.9 Å². The van der Waals surface area contributed by atoms with E-state index in [0.29, 0.717) is 10.6 Å². The van der Waals surface area contributed by atoms with Gasteiger partial charge >= 0.3 is 0 Å². The van der Waals surface area contributed by atoms with E-state index in [1.54, 1.807) is 15.9 Å². The number of aromatic nitrogens is 3. The van der Waals surface area contributed by atoms with Crippen molar-refractivity contribution in [1.82, 2.24) is 14.8 Å². The zero-order valence-corrected chi connectivity index (χ0v) is 19.3. The Balaban J connectivity index is 1.40. The molecule has 158 valence electrons. The third kappa shape index (κ3) is 3.84. The van der Waals surface area contributed by atoms with E-state index >= 15 is 0 Å². The zero-order valence-electron chi connectivity index (χ0n) is 16.9. The van der Waals surface area contributed by atoms with Crippen LogP contribution in [0.3, 0.4) is 0 Å². The van der Waals surface area contributed by atoms with Gasteiger partial charge in [0.1, 0.15) is 6.04 Å². The summed E-state index contributed by atoms with van der Waals surface area (Å²) in [6, 6.07) is 13.6. The molecule has 1 aliphatic heterocycles. The first kappa shape index (κ1) is 20.2. The van der Waals surface area contributed by atoms with Gasteiger partial charge in [-0.3, -0.25) is 14.5 Å². The Morgan fingerprint density at radius 1 is 1.19 bits per heavy atom. The van der Waals surface area contributed by atoms with E-state index < -0.39 is 6.04 Å². The molecule has 0 radical (unpaired) electrons. The second-order valence-electron chi connectivity index (χ2n) is 7.42. The van der Waals surface area contributed by atoms with Crippen molar-refractivity contribution in [2.75, 3.05) is 16.8 Å². The Morgan fingerprint density at radius 3 is 2.90 bits per heavy atom. The summed E-state index contributed by atoms with van der Waals surface area (Å²) >= 11 is 8.82. The molecule has 0 fully saturated rings. The summed E-state index contributed by atoms with van der Waals surface area (Å²) in [6.45, 7) is 3.64. The van der Waals surface area contributed by atoms with Crippen LogP contribution in [0, 0.1) is 4.77 Å². The number of rotatable bonds is 5. The van der Waals surface area contributed by atoms with E-state index in [1.807, 2.05) is 54.0 Å². The number of carbonyl (C=O) groups is 1. The van der Waals surface area contributed by atoms with E-state index in [4.69, 9.17) is 12.2 Å². The Kier molecular flexibility index (Phi) is 5.47.